The number of carbonyl (C=O) groups is 1. The molecule has 3 nitrogen and oxygen atoms in total. The molecule has 1 atom stereocenters. The SMILES string of the molecule is CN(C(=O)Cc1cccs1)C(C#N)c1ccccc1. The largest absolute Gasteiger partial charge is 0.325 e. The zero-order valence-electron chi connectivity index (χ0n) is 10.6. The number of nitrogens with zero attached hydrogens (tertiary/aromatic N) is 2. The van der Waals surface area contributed by atoms with Gasteiger partial charge in [-0.25, -0.2) is 0 Å². The van der Waals surface area contributed by atoms with Gasteiger partial charge < -0.3 is 4.90 Å². The first kappa shape index (κ1) is 13.3. The molecule has 1 aromatic carbocycles. The average molecular weight is 270 g/mol. The van der Waals surface area contributed by atoms with Crippen LogP contribution in [0.3, 0.4) is 0 Å². The highest BCUT2D eigenvalue weighted by molar-refractivity contribution is 7.10. The van der Waals surface area contributed by atoms with Crippen LogP contribution in [-0.2, 0) is 11.2 Å². The molecule has 1 unspecified atom stereocenters. The number of thiophene rings is 1. The zero-order valence-corrected chi connectivity index (χ0v) is 11.4. The maximum atomic E-state index is 12.2. The third kappa shape index (κ3) is 3.21. The van der Waals surface area contributed by atoms with Crippen molar-refractivity contribution in [2.24, 2.45) is 0 Å². The number of nitriles is 1. The Morgan fingerprint density at radius 2 is 2.05 bits per heavy atom. The number of hydrogen-bond acceptors (Lipinski definition) is 3. The van der Waals surface area contributed by atoms with Crippen molar-refractivity contribution < 1.29 is 4.79 Å². The van der Waals surface area contributed by atoms with Gasteiger partial charge in [0.05, 0.1) is 12.5 Å². The summed E-state index contributed by atoms with van der Waals surface area (Å²) < 4.78 is 0. The Labute approximate surface area is 116 Å². The lowest BCUT2D eigenvalue weighted by molar-refractivity contribution is -0.130. The van der Waals surface area contributed by atoms with Gasteiger partial charge in [-0.3, -0.25) is 4.79 Å². The van der Waals surface area contributed by atoms with Crippen molar-refractivity contribution in [1.82, 2.24) is 4.90 Å². The van der Waals surface area contributed by atoms with E-state index in [1.165, 1.54) is 4.90 Å². The van der Waals surface area contributed by atoms with Crippen molar-refractivity contribution in [2.75, 3.05) is 7.05 Å². The number of amides is 1. The highest BCUT2D eigenvalue weighted by Gasteiger charge is 2.21. The van der Waals surface area contributed by atoms with Crippen LogP contribution in [0.2, 0.25) is 0 Å². The van der Waals surface area contributed by atoms with Gasteiger partial charge in [0.25, 0.3) is 0 Å². The monoisotopic (exact) mass is 270 g/mol. The summed E-state index contributed by atoms with van der Waals surface area (Å²) in [5, 5.41) is 11.2. The summed E-state index contributed by atoms with van der Waals surface area (Å²) in [6, 6.07) is 14.9. The van der Waals surface area contributed by atoms with Crippen molar-refractivity contribution in [3.63, 3.8) is 0 Å². The lowest BCUT2D eigenvalue weighted by Gasteiger charge is -2.22. The van der Waals surface area contributed by atoms with Crippen LogP contribution < -0.4 is 0 Å². The third-order valence-electron chi connectivity index (χ3n) is 2.92. The number of hydrogen-bond donors (Lipinski definition) is 0. The summed E-state index contributed by atoms with van der Waals surface area (Å²) in [6.07, 6.45) is 0.346. The van der Waals surface area contributed by atoms with Crippen LogP contribution in [0.15, 0.2) is 47.8 Å². The molecule has 0 aliphatic carbocycles. The molecule has 19 heavy (non-hydrogen) atoms. The Hall–Kier alpha value is -2.12. The first-order valence-electron chi connectivity index (χ1n) is 5.95. The van der Waals surface area contributed by atoms with E-state index in [9.17, 15) is 10.1 Å². The van der Waals surface area contributed by atoms with E-state index in [4.69, 9.17) is 0 Å². The molecule has 96 valence electrons. The van der Waals surface area contributed by atoms with Crippen molar-refractivity contribution in [3.8, 4) is 6.07 Å². The van der Waals surface area contributed by atoms with Gasteiger partial charge in [-0.2, -0.15) is 5.26 Å². The normalized spacial score (nSPS) is 11.6. The Balaban J connectivity index is 2.11. The van der Waals surface area contributed by atoms with Crippen LogP contribution in [-0.4, -0.2) is 17.9 Å². The lowest BCUT2D eigenvalue weighted by Crippen LogP contribution is -2.31. The van der Waals surface area contributed by atoms with E-state index in [-0.39, 0.29) is 5.91 Å². The van der Waals surface area contributed by atoms with Crippen molar-refractivity contribution in [2.45, 2.75) is 12.5 Å². The maximum absolute atomic E-state index is 12.2. The topological polar surface area (TPSA) is 44.1 Å². The van der Waals surface area contributed by atoms with E-state index in [0.717, 1.165) is 10.4 Å². The summed E-state index contributed by atoms with van der Waals surface area (Å²) in [6.45, 7) is 0. The molecule has 0 aliphatic rings. The van der Waals surface area contributed by atoms with Crippen LogP contribution in [0.4, 0.5) is 0 Å². The molecule has 0 spiro atoms. The van der Waals surface area contributed by atoms with Gasteiger partial charge in [-0.1, -0.05) is 36.4 Å². The molecular weight excluding hydrogens is 256 g/mol. The number of carbonyl (C=O) groups excluding carboxylic acids is 1. The van der Waals surface area contributed by atoms with Crippen LogP contribution in [0, 0.1) is 11.3 Å². The fraction of sp³-hybridized carbons (Fsp3) is 0.200. The Bertz CT molecular complexity index is 572. The predicted octanol–water partition coefficient (Wildman–Crippen LogP) is 3.01. The molecule has 0 radical (unpaired) electrons. The van der Waals surface area contributed by atoms with Gasteiger partial charge in [0.1, 0.15) is 6.04 Å². The highest BCUT2D eigenvalue weighted by atomic mass is 32.1. The van der Waals surface area contributed by atoms with E-state index in [1.807, 2.05) is 47.8 Å². The number of rotatable bonds is 4. The minimum absolute atomic E-state index is 0.0437. The number of benzene rings is 1. The smallest absolute Gasteiger partial charge is 0.228 e. The first-order valence-corrected chi connectivity index (χ1v) is 6.83. The fourth-order valence-corrected chi connectivity index (χ4v) is 2.55. The van der Waals surface area contributed by atoms with E-state index in [1.54, 1.807) is 18.4 Å². The van der Waals surface area contributed by atoms with Crippen LogP contribution in [0.25, 0.3) is 0 Å². The summed E-state index contributed by atoms with van der Waals surface area (Å²) in [7, 11) is 1.68. The summed E-state index contributed by atoms with van der Waals surface area (Å²) >= 11 is 1.55. The van der Waals surface area contributed by atoms with Gasteiger partial charge >= 0.3 is 0 Å². The maximum Gasteiger partial charge on any atom is 0.228 e. The molecule has 0 N–H and O–H groups in total. The van der Waals surface area contributed by atoms with Crippen molar-refractivity contribution >= 4 is 17.2 Å². The highest BCUT2D eigenvalue weighted by Crippen LogP contribution is 2.20. The zero-order chi connectivity index (χ0) is 13.7. The molecular formula is C15H14N2OS. The Kier molecular flexibility index (Phi) is 4.32. The molecule has 0 saturated heterocycles. The molecule has 1 heterocycles. The second kappa shape index (κ2) is 6.17. The van der Waals surface area contributed by atoms with Gasteiger partial charge in [0.15, 0.2) is 0 Å². The van der Waals surface area contributed by atoms with Crippen molar-refractivity contribution in [3.05, 3.63) is 58.3 Å². The Morgan fingerprint density at radius 3 is 2.63 bits per heavy atom. The van der Waals surface area contributed by atoms with Crippen LogP contribution in [0.5, 0.6) is 0 Å². The summed E-state index contributed by atoms with van der Waals surface area (Å²) in [5.41, 5.74) is 0.840. The van der Waals surface area contributed by atoms with Gasteiger partial charge in [-0.15, -0.1) is 11.3 Å². The van der Waals surface area contributed by atoms with Crippen molar-refractivity contribution in [1.29, 1.82) is 5.26 Å². The van der Waals surface area contributed by atoms with E-state index >= 15 is 0 Å². The molecule has 2 rings (SSSR count). The predicted molar refractivity (Wildman–Crippen MR) is 75.6 cm³/mol. The third-order valence-corrected chi connectivity index (χ3v) is 3.80. The minimum atomic E-state index is -0.534. The first-order chi connectivity index (χ1) is 9.22. The minimum Gasteiger partial charge on any atom is -0.325 e. The van der Waals surface area contributed by atoms with E-state index in [2.05, 4.69) is 6.07 Å². The standard InChI is InChI=1S/C15H14N2OS/c1-17(15(18)10-13-8-5-9-19-13)14(11-16)12-6-3-2-4-7-12/h2-9,14H,10H2,1H3. The summed E-state index contributed by atoms with van der Waals surface area (Å²) in [4.78, 5) is 14.7. The summed E-state index contributed by atoms with van der Waals surface area (Å²) in [5.74, 6) is -0.0437. The van der Waals surface area contributed by atoms with E-state index < -0.39 is 6.04 Å². The van der Waals surface area contributed by atoms with Gasteiger partial charge in [0.2, 0.25) is 5.91 Å². The van der Waals surface area contributed by atoms with Crippen LogP contribution in [0.1, 0.15) is 16.5 Å². The lowest BCUT2D eigenvalue weighted by atomic mass is 10.1. The average Bonchev–Trinajstić information content (AvgIpc) is 2.93. The quantitative estimate of drug-likeness (QED) is 0.857. The van der Waals surface area contributed by atoms with E-state index in [0.29, 0.717) is 6.42 Å². The molecule has 1 aromatic heterocycles. The molecule has 0 fully saturated rings. The second-order valence-corrected chi connectivity index (χ2v) is 5.24. The molecule has 0 aliphatic heterocycles. The Morgan fingerprint density at radius 1 is 1.32 bits per heavy atom. The van der Waals surface area contributed by atoms with Gasteiger partial charge in [0, 0.05) is 11.9 Å². The molecule has 2 aromatic rings. The fourth-order valence-electron chi connectivity index (χ4n) is 1.85. The molecule has 0 saturated carbocycles. The molecule has 1 amide bonds. The van der Waals surface area contributed by atoms with Crippen LogP contribution >= 0.6 is 11.3 Å². The molecule has 0 bridgehead atoms. The number of likely N-dealkylation sites (N-methyl/N-ethyl adjacent to an activating group) is 1. The molecule has 4 heteroatoms. The van der Waals surface area contributed by atoms with Gasteiger partial charge in [-0.05, 0) is 17.0 Å². The second-order valence-electron chi connectivity index (χ2n) is 4.20.